The predicted molar refractivity (Wildman–Crippen MR) is 141 cm³/mol. The van der Waals surface area contributed by atoms with Crippen LogP contribution in [0, 0.1) is 0 Å². The van der Waals surface area contributed by atoms with Crippen molar-refractivity contribution >= 4 is 5.97 Å². The zero-order valence-electron chi connectivity index (χ0n) is 23.6. The van der Waals surface area contributed by atoms with Gasteiger partial charge in [0.1, 0.15) is 0 Å². The number of carboxylic acids is 1. The van der Waals surface area contributed by atoms with E-state index < -0.39 is 29.8 Å². The number of rotatable bonds is 5. The van der Waals surface area contributed by atoms with E-state index in [1.807, 2.05) is 39.8 Å². The highest BCUT2D eigenvalue weighted by Crippen LogP contribution is 2.23. The maximum Gasteiger partial charge on any atom is 0.162 e. The van der Waals surface area contributed by atoms with Crippen molar-refractivity contribution in [2.24, 2.45) is 0 Å². The van der Waals surface area contributed by atoms with Gasteiger partial charge in [-0.1, -0.05) is 24.3 Å². The highest BCUT2D eigenvalue weighted by molar-refractivity contribution is 5.85. The predicted octanol–water partition coefficient (Wildman–Crippen LogP) is -0.505. The van der Waals surface area contributed by atoms with Gasteiger partial charge in [-0.25, -0.2) is 0 Å². The van der Waals surface area contributed by atoms with Crippen LogP contribution in [-0.2, 0) is 25.5 Å². The Morgan fingerprint density at radius 1 is 0.769 bits per heavy atom. The van der Waals surface area contributed by atoms with Crippen LogP contribution < -0.4 is 5.11 Å². The molecule has 39 heavy (non-hydrogen) atoms. The second-order valence-electron chi connectivity index (χ2n) is 11.6. The van der Waals surface area contributed by atoms with E-state index in [1.54, 1.807) is 12.1 Å². The summed E-state index contributed by atoms with van der Waals surface area (Å²) in [6.45, 7) is 13.3. The molecule has 11 heteroatoms. The Bertz CT molecular complexity index is 897. The summed E-state index contributed by atoms with van der Waals surface area (Å²) in [5.41, 5.74) is 1.15. The molecule has 0 spiro atoms. The number of carbonyl (C=O) groups excluding carboxylic acids is 1. The van der Waals surface area contributed by atoms with Gasteiger partial charge in [-0.15, -0.1) is 0 Å². The largest absolute Gasteiger partial charge is 0.545 e. The molecule has 3 heterocycles. The molecule has 0 aliphatic carbocycles. The SMILES string of the molecule is CC1(C)OC[C@@H](O)[C@H](N2CCN(Cc3ccc(C(=O)[O-])cc3)CCN([C@@H]3COC(C)(C)OC[C@H]3O)CC2)CO1. The molecule has 0 saturated carbocycles. The van der Waals surface area contributed by atoms with Crippen molar-refractivity contribution in [1.29, 1.82) is 0 Å². The van der Waals surface area contributed by atoms with Gasteiger partial charge >= 0.3 is 0 Å². The maximum absolute atomic E-state index is 11.2. The van der Waals surface area contributed by atoms with Gasteiger partial charge in [-0.05, 0) is 38.8 Å². The highest BCUT2D eigenvalue weighted by Gasteiger charge is 2.38. The molecule has 0 bridgehead atoms. The minimum Gasteiger partial charge on any atom is -0.545 e. The lowest BCUT2D eigenvalue weighted by Crippen LogP contribution is -2.53. The van der Waals surface area contributed by atoms with Crippen molar-refractivity contribution < 1.29 is 39.1 Å². The number of ether oxygens (including phenoxy) is 4. The maximum atomic E-state index is 11.2. The second-order valence-corrected chi connectivity index (χ2v) is 11.6. The quantitative estimate of drug-likeness (QED) is 0.492. The molecule has 220 valence electrons. The Balaban J connectivity index is 1.53. The first-order chi connectivity index (χ1) is 18.4. The number of hydrogen-bond donors (Lipinski definition) is 2. The number of aliphatic hydroxyl groups is 2. The van der Waals surface area contributed by atoms with Crippen LogP contribution in [0.3, 0.4) is 0 Å². The van der Waals surface area contributed by atoms with Crippen LogP contribution in [0.5, 0.6) is 0 Å². The van der Waals surface area contributed by atoms with Gasteiger partial charge in [-0.2, -0.15) is 0 Å². The molecule has 2 N–H and O–H groups in total. The number of aliphatic hydroxyl groups excluding tert-OH is 2. The summed E-state index contributed by atoms with van der Waals surface area (Å²) in [5, 5.41) is 33.1. The lowest BCUT2D eigenvalue weighted by molar-refractivity contribution is -0.255. The normalized spacial score (nSPS) is 31.8. The molecule has 0 unspecified atom stereocenters. The first kappa shape index (κ1) is 30.3. The monoisotopic (exact) mass is 550 g/mol. The number of nitrogens with zero attached hydrogens (tertiary/aromatic N) is 3. The zero-order chi connectivity index (χ0) is 28.2. The van der Waals surface area contributed by atoms with Crippen LogP contribution >= 0.6 is 0 Å². The summed E-state index contributed by atoms with van der Waals surface area (Å²) < 4.78 is 23.5. The van der Waals surface area contributed by atoms with Crippen LogP contribution in [0.25, 0.3) is 0 Å². The van der Waals surface area contributed by atoms with Gasteiger partial charge in [0.05, 0.1) is 56.7 Å². The fourth-order valence-corrected chi connectivity index (χ4v) is 5.33. The third-order valence-corrected chi connectivity index (χ3v) is 7.91. The third-order valence-electron chi connectivity index (χ3n) is 7.91. The van der Waals surface area contributed by atoms with E-state index in [-0.39, 0.29) is 30.9 Å². The van der Waals surface area contributed by atoms with E-state index in [0.717, 1.165) is 18.7 Å². The van der Waals surface area contributed by atoms with Gasteiger partial charge in [0.15, 0.2) is 11.6 Å². The minimum atomic E-state index is -1.19. The first-order valence-electron chi connectivity index (χ1n) is 13.9. The average Bonchev–Trinajstić information content (AvgIpc) is 3.05. The molecule has 1 aromatic carbocycles. The van der Waals surface area contributed by atoms with Crippen LogP contribution in [-0.4, -0.2) is 132 Å². The molecule has 3 aliphatic rings. The van der Waals surface area contributed by atoms with Gasteiger partial charge in [-0.3, -0.25) is 14.7 Å². The second kappa shape index (κ2) is 12.9. The van der Waals surface area contributed by atoms with E-state index in [4.69, 9.17) is 18.9 Å². The van der Waals surface area contributed by atoms with Crippen LogP contribution in [0.4, 0.5) is 0 Å². The molecule has 0 aromatic heterocycles. The van der Waals surface area contributed by atoms with E-state index in [0.29, 0.717) is 45.9 Å². The van der Waals surface area contributed by atoms with Gasteiger partial charge in [0.25, 0.3) is 0 Å². The van der Waals surface area contributed by atoms with Crippen molar-refractivity contribution in [1.82, 2.24) is 14.7 Å². The number of hydrogen-bond acceptors (Lipinski definition) is 11. The van der Waals surface area contributed by atoms with Crippen molar-refractivity contribution in [2.75, 3.05) is 65.7 Å². The lowest BCUT2D eigenvalue weighted by atomic mass is 10.1. The van der Waals surface area contributed by atoms with Crippen LogP contribution in [0.15, 0.2) is 24.3 Å². The Kier molecular flexibility index (Phi) is 10.0. The molecule has 3 fully saturated rings. The Hall–Kier alpha value is -1.67. The number of aromatic carboxylic acids is 1. The van der Waals surface area contributed by atoms with E-state index in [1.165, 1.54) is 0 Å². The van der Waals surface area contributed by atoms with Crippen LogP contribution in [0.1, 0.15) is 43.6 Å². The Morgan fingerprint density at radius 2 is 1.18 bits per heavy atom. The minimum absolute atomic E-state index is 0.153. The zero-order valence-corrected chi connectivity index (χ0v) is 23.6. The van der Waals surface area contributed by atoms with E-state index in [2.05, 4.69) is 14.7 Å². The fourth-order valence-electron chi connectivity index (χ4n) is 5.33. The molecule has 4 atom stereocenters. The van der Waals surface area contributed by atoms with E-state index >= 15 is 0 Å². The van der Waals surface area contributed by atoms with E-state index in [9.17, 15) is 20.1 Å². The molecule has 11 nitrogen and oxygen atoms in total. The van der Waals surface area contributed by atoms with Crippen molar-refractivity contribution in [2.45, 2.75) is 70.1 Å². The molecule has 1 aromatic rings. The standard InChI is InChI=1S/C28H45N3O8/c1-27(2)36-16-22(24(32)18-38-27)30-11-9-29(15-20-5-7-21(8-6-20)26(34)35)10-12-31(14-13-30)23-17-37-28(3,4)39-19-25(23)33/h5-8,22-25,32-33H,9-19H2,1-4H3,(H,34,35)/p-1/t22-,23-,24-,25-/m1/s1. The lowest BCUT2D eigenvalue weighted by Gasteiger charge is -2.36. The first-order valence-corrected chi connectivity index (χ1v) is 13.9. The average molecular weight is 551 g/mol. The third kappa shape index (κ3) is 8.42. The summed E-state index contributed by atoms with van der Waals surface area (Å²) in [6, 6.07) is 6.29. The summed E-state index contributed by atoms with van der Waals surface area (Å²) in [6.07, 6.45) is -1.40. The highest BCUT2D eigenvalue weighted by atomic mass is 16.7. The van der Waals surface area contributed by atoms with Gasteiger partial charge in [0.2, 0.25) is 0 Å². The molecule has 3 aliphatic heterocycles. The van der Waals surface area contributed by atoms with Crippen molar-refractivity contribution in [3.63, 3.8) is 0 Å². The topological polar surface area (TPSA) is 127 Å². The summed E-state index contributed by atoms with van der Waals surface area (Å²) in [7, 11) is 0. The Morgan fingerprint density at radius 3 is 1.62 bits per heavy atom. The van der Waals surface area contributed by atoms with Crippen molar-refractivity contribution in [3.8, 4) is 0 Å². The van der Waals surface area contributed by atoms with Crippen LogP contribution in [0.2, 0.25) is 0 Å². The fraction of sp³-hybridized carbons (Fsp3) is 0.750. The molecule has 0 amide bonds. The summed E-state index contributed by atoms with van der Waals surface area (Å²) in [5.74, 6) is -2.72. The molecule has 4 rings (SSSR count). The molecular weight excluding hydrogens is 506 g/mol. The van der Waals surface area contributed by atoms with Gasteiger partial charge < -0.3 is 39.1 Å². The molecule has 0 radical (unpaired) electrons. The summed E-state index contributed by atoms with van der Waals surface area (Å²) in [4.78, 5) is 18.0. The number of carboxylic acid groups (broad SMARTS) is 1. The number of carbonyl (C=O) groups is 1. The summed E-state index contributed by atoms with van der Waals surface area (Å²) >= 11 is 0. The molecule has 3 saturated heterocycles. The number of benzene rings is 1. The smallest absolute Gasteiger partial charge is 0.162 e. The molecular formula is C28H44N3O8-. The van der Waals surface area contributed by atoms with Gasteiger partial charge in [0, 0.05) is 45.8 Å². The Labute approximate surface area is 231 Å². The van der Waals surface area contributed by atoms with Crippen molar-refractivity contribution in [3.05, 3.63) is 35.4 Å².